The first-order valence-electron chi connectivity index (χ1n) is 9.09. The lowest BCUT2D eigenvalue weighted by Crippen LogP contribution is -2.48. The number of imidazole rings is 1. The van der Waals surface area contributed by atoms with Gasteiger partial charge in [-0.15, -0.1) is 0 Å². The van der Waals surface area contributed by atoms with Crippen molar-refractivity contribution in [1.82, 2.24) is 18.8 Å². The summed E-state index contributed by atoms with van der Waals surface area (Å²) in [4.78, 5) is 7.02. The fraction of sp³-hybridized carbons (Fsp3) is 0.526. The molecule has 0 unspecified atom stereocenters. The highest BCUT2D eigenvalue weighted by molar-refractivity contribution is 7.89. The van der Waals surface area contributed by atoms with E-state index >= 15 is 0 Å². The molecule has 6 nitrogen and oxygen atoms in total. The second-order valence-corrected chi connectivity index (χ2v) is 9.59. The molecule has 8 heteroatoms. The number of hydrogen-bond donors (Lipinski definition) is 0. The molecule has 1 aliphatic heterocycles. The monoisotopic (exact) mass is 410 g/mol. The van der Waals surface area contributed by atoms with Crippen LogP contribution in [0.5, 0.6) is 0 Å². The zero-order valence-electron chi connectivity index (χ0n) is 16.6. The third-order valence-electron chi connectivity index (χ3n) is 5.62. The van der Waals surface area contributed by atoms with Crippen LogP contribution in [0.2, 0.25) is 5.15 Å². The van der Waals surface area contributed by atoms with E-state index in [9.17, 15) is 8.42 Å². The second kappa shape index (κ2) is 7.54. The summed E-state index contributed by atoms with van der Waals surface area (Å²) in [6.45, 7) is 10.7. The number of benzene rings is 1. The van der Waals surface area contributed by atoms with Crippen molar-refractivity contribution in [2.45, 2.75) is 39.1 Å². The summed E-state index contributed by atoms with van der Waals surface area (Å²) in [5.41, 5.74) is 3.73. The molecule has 0 aliphatic carbocycles. The van der Waals surface area contributed by atoms with Crippen LogP contribution in [0.1, 0.15) is 28.1 Å². The second-order valence-electron chi connectivity index (χ2n) is 7.33. The first-order chi connectivity index (χ1) is 12.6. The Morgan fingerprint density at radius 2 is 1.59 bits per heavy atom. The summed E-state index contributed by atoms with van der Waals surface area (Å²) in [7, 11) is -1.62. The average Bonchev–Trinajstić information content (AvgIpc) is 2.93. The van der Waals surface area contributed by atoms with Gasteiger partial charge in [-0.25, -0.2) is 13.4 Å². The highest BCUT2D eigenvalue weighted by Gasteiger charge is 2.32. The van der Waals surface area contributed by atoms with Gasteiger partial charge in [-0.3, -0.25) is 4.90 Å². The molecule has 0 bridgehead atoms. The predicted molar refractivity (Wildman–Crippen MR) is 108 cm³/mol. The number of piperazine rings is 1. The fourth-order valence-electron chi connectivity index (χ4n) is 3.60. The van der Waals surface area contributed by atoms with Crippen molar-refractivity contribution in [1.29, 1.82) is 0 Å². The zero-order valence-corrected chi connectivity index (χ0v) is 18.2. The molecule has 0 N–H and O–H groups in total. The first kappa shape index (κ1) is 20.3. The fourth-order valence-corrected chi connectivity index (χ4v) is 5.74. The maximum atomic E-state index is 13.3. The maximum absolute atomic E-state index is 13.3. The van der Waals surface area contributed by atoms with Gasteiger partial charge in [0, 0.05) is 33.2 Å². The van der Waals surface area contributed by atoms with Gasteiger partial charge in [-0.2, -0.15) is 4.31 Å². The SMILES string of the molecule is Cc1cc(C)c(C)c(S(=O)(=O)N2CCN(Cc3ncc(Cl)n3C)CC2)c1C. The molecule has 27 heavy (non-hydrogen) atoms. The Labute approximate surface area is 166 Å². The lowest BCUT2D eigenvalue weighted by atomic mass is 10.0. The molecule has 1 aliphatic rings. The molecule has 2 heterocycles. The molecule has 0 saturated carbocycles. The summed E-state index contributed by atoms with van der Waals surface area (Å²) in [5, 5.41) is 0.604. The largest absolute Gasteiger partial charge is 0.321 e. The highest BCUT2D eigenvalue weighted by Crippen LogP contribution is 2.29. The summed E-state index contributed by atoms with van der Waals surface area (Å²) in [5.74, 6) is 0.886. The normalized spacial score (nSPS) is 16.8. The van der Waals surface area contributed by atoms with Crippen LogP contribution in [-0.4, -0.2) is 53.4 Å². The van der Waals surface area contributed by atoms with Gasteiger partial charge in [0.25, 0.3) is 0 Å². The third kappa shape index (κ3) is 3.78. The number of nitrogens with zero attached hydrogens (tertiary/aromatic N) is 4. The molecule has 1 aromatic heterocycles. The van der Waals surface area contributed by atoms with Crippen molar-refractivity contribution < 1.29 is 8.42 Å². The smallest absolute Gasteiger partial charge is 0.243 e. The quantitative estimate of drug-likeness (QED) is 0.777. The lowest BCUT2D eigenvalue weighted by Gasteiger charge is -2.34. The van der Waals surface area contributed by atoms with Crippen molar-refractivity contribution in [3.8, 4) is 0 Å². The highest BCUT2D eigenvalue weighted by atomic mass is 35.5. The van der Waals surface area contributed by atoms with Crippen LogP contribution in [0, 0.1) is 27.7 Å². The van der Waals surface area contributed by atoms with Gasteiger partial charge in [0.2, 0.25) is 10.0 Å². The Morgan fingerprint density at radius 3 is 2.07 bits per heavy atom. The lowest BCUT2D eigenvalue weighted by molar-refractivity contribution is 0.176. The number of halogens is 1. The van der Waals surface area contributed by atoms with Gasteiger partial charge in [-0.05, 0) is 49.9 Å². The van der Waals surface area contributed by atoms with Crippen LogP contribution in [-0.2, 0) is 23.6 Å². The average molecular weight is 411 g/mol. The molecular formula is C19H27ClN4O2S. The number of aryl methyl sites for hydroxylation is 2. The topological polar surface area (TPSA) is 58.4 Å². The van der Waals surface area contributed by atoms with E-state index < -0.39 is 10.0 Å². The van der Waals surface area contributed by atoms with Gasteiger partial charge in [0.1, 0.15) is 11.0 Å². The molecule has 0 atom stereocenters. The van der Waals surface area contributed by atoms with E-state index in [4.69, 9.17) is 11.6 Å². The number of hydrogen-bond acceptors (Lipinski definition) is 4. The zero-order chi connectivity index (χ0) is 19.9. The van der Waals surface area contributed by atoms with E-state index in [2.05, 4.69) is 16.0 Å². The molecule has 3 rings (SSSR count). The number of rotatable bonds is 4. The van der Waals surface area contributed by atoms with Crippen molar-refractivity contribution in [2.75, 3.05) is 26.2 Å². The Hall–Kier alpha value is -1.41. The minimum absolute atomic E-state index is 0.476. The van der Waals surface area contributed by atoms with Crippen molar-refractivity contribution in [2.24, 2.45) is 7.05 Å². The van der Waals surface area contributed by atoms with Crippen LogP contribution in [0.3, 0.4) is 0 Å². The number of aromatic nitrogens is 2. The first-order valence-corrected chi connectivity index (χ1v) is 10.9. The molecule has 148 valence electrons. The van der Waals surface area contributed by atoms with Crippen LogP contribution in [0.4, 0.5) is 0 Å². The van der Waals surface area contributed by atoms with E-state index in [-0.39, 0.29) is 0 Å². The molecule has 1 aromatic carbocycles. The molecule has 1 saturated heterocycles. The predicted octanol–water partition coefficient (Wildman–Crippen LogP) is 2.81. The Balaban J connectivity index is 1.77. The van der Waals surface area contributed by atoms with Gasteiger partial charge >= 0.3 is 0 Å². The van der Waals surface area contributed by atoms with Crippen LogP contribution < -0.4 is 0 Å². The van der Waals surface area contributed by atoms with Crippen LogP contribution in [0.15, 0.2) is 17.2 Å². The Bertz CT molecular complexity index is 934. The summed E-state index contributed by atoms with van der Waals surface area (Å²) in [6, 6.07) is 2.06. The minimum atomic E-state index is -3.50. The molecule has 0 spiro atoms. The molecule has 0 amide bonds. The maximum Gasteiger partial charge on any atom is 0.243 e. The van der Waals surface area contributed by atoms with E-state index in [0.29, 0.717) is 42.8 Å². The van der Waals surface area contributed by atoms with Gasteiger partial charge in [0.05, 0.1) is 17.6 Å². The minimum Gasteiger partial charge on any atom is -0.321 e. The standard InChI is InChI=1S/C19H27ClN4O2S/c1-13-10-14(2)16(4)19(15(13)3)27(25,26)24-8-6-23(7-9-24)12-18-21-11-17(20)22(18)5/h10-11H,6-9,12H2,1-5H3. The van der Waals surface area contributed by atoms with E-state index in [0.717, 1.165) is 28.1 Å². The Kier molecular flexibility index (Phi) is 5.68. The van der Waals surface area contributed by atoms with Gasteiger partial charge in [-0.1, -0.05) is 17.7 Å². The van der Waals surface area contributed by atoms with Crippen LogP contribution >= 0.6 is 11.6 Å². The Morgan fingerprint density at radius 1 is 1.04 bits per heavy atom. The molecule has 1 fully saturated rings. The van der Waals surface area contributed by atoms with Gasteiger partial charge < -0.3 is 4.57 Å². The summed E-state index contributed by atoms with van der Waals surface area (Å²) < 4.78 is 30.1. The molecule has 2 aromatic rings. The van der Waals surface area contributed by atoms with Gasteiger partial charge in [0.15, 0.2) is 0 Å². The van der Waals surface area contributed by atoms with E-state index in [1.54, 1.807) is 10.5 Å². The molecular weight excluding hydrogens is 384 g/mol. The third-order valence-corrected chi connectivity index (χ3v) is 8.14. The van der Waals surface area contributed by atoms with E-state index in [1.807, 2.05) is 39.3 Å². The summed E-state index contributed by atoms with van der Waals surface area (Å²) in [6.07, 6.45) is 1.64. The molecule has 0 radical (unpaired) electrons. The van der Waals surface area contributed by atoms with Crippen molar-refractivity contribution >= 4 is 21.6 Å². The van der Waals surface area contributed by atoms with E-state index in [1.165, 1.54) is 0 Å². The summed E-state index contributed by atoms with van der Waals surface area (Å²) >= 11 is 6.05. The van der Waals surface area contributed by atoms with Crippen molar-refractivity contribution in [3.05, 3.63) is 45.5 Å². The van der Waals surface area contributed by atoms with Crippen LogP contribution in [0.25, 0.3) is 0 Å². The number of sulfonamides is 1. The van der Waals surface area contributed by atoms with Crippen molar-refractivity contribution in [3.63, 3.8) is 0 Å².